The minimum absolute atomic E-state index is 0.131. The van der Waals surface area contributed by atoms with Crippen molar-refractivity contribution < 1.29 is 14.3 Å². The number of hydrogen-bond donors (Lipinski definition) is 1. The van der Waals surface area contributed by atoms with Crippen molar-refractivity contribution in [1.82, 2.24) is 4.90 Å². The highest BCUT2D eigenvalue weighted by Gasteiger charge is 2.16. The molecule has 2 rings (SSSR count). The molecule has 21 heavy (non-hydrogen) atoms. The summed E-state index contributed by atoms with van der Waals surface area (Å²) >= 11 is 0. The first kappa shape index (κ1) is 14.9. The summed E-state index contributed by atoms with van der Waals surface area (Å²) in [6.07, 6.45) is 1.58. The number of amides is 1. The molecule has 108 valence electrons. The van der Waals surface area contributed by atoms with Crippen LogP contribution in [0.15, 0.2) is 41.0 Å². The van der Waals surface area contributed by atoms with E-state index >= 15 is 0 Å². The van der Waals surface area contributed by atoms with Crippen molar-refractivity contribution in [1.29, 1.82) is 0 Å². The van der Waals surface area contributed by atoms with Crippen LogP contribution in [0.5, 0.6) is 0 Å². The predicted octanol–water partition coefficient (Wildman–Crippen LogP) is 2.20. The Balaban J connectivity index is 2.25. The predicted molar refractivity (Wildman–Crippen MR) is 79.6 cm³/mol. The molecule has 1 aromatic heterocycles. The SMILES string of the molecule is Cc1ccc(C(=O)N(C)Cc2ccco2)c(C#CCO)c1. The second-order valence-electron chi connectivity index (χ2n) is 4.75. The van der Waals surface area contributed by atoms with Crippen LogP contribution in [0.4, 0.5) is 0 Å². The Kier molecular flexibility index (Phi) is 4.81. The molecule has 0 saturated heterocycles. The Morgan fingerprint density at radius 3 is 2.86 bits per heavy atom. The van der Waals surface area contributed by atoms with E-state index < -0.39 is 0 Å². The monoisotopic (exact) mass is 283 g/mol. The van der Waals surface area contributed by atoms with Crippen LogP contribution in [0.2, 0.25) is 0 Å². The molecule has 0 saturated carbocycles. The number of aliphatic hydroxyl groups excluding tert-OH is 1. The van der Waals surface area contributed by atoms with E-state index in [1.54, 1.807) is 30.3 Å². The zero-order chi connectivity index (χ0) is 15.2. The zero-order valence-electron chi connectivity index (χ0n) is 12.1. The molecule has 0 aliphatic carbocycles. The molecule has 4 nitrogen and oxygen atoms in total. The smallest absolute Gasteiger partial charge is 0.255 e. The second kappa shape index (κ2) is 6.78. The molecule has 1 N–H and O–H groups in total. The summed E-state index contributed by atoms with van der Waals surface area (Å²) < 4.78 is 5.25. The molecule has 0 unspecified atom stereocenters. The summed E-state index contributed by atoms with van der Waals surface area (Å²) in [6.45, 7) is 2.10. The number of hydrogen-bond acceptors (Lipinski definition) is 3. The Labute approximate surface area is 124 Å². The highest BCUT2D eigenvalue weighted by Crippen LogP contribution is 2.14. The van der Waals surface area contributed by atoms with Crippen molar-refractivity contribution in [3.8, 4) is 11.8 Å². The van der Waals surface area contributed by atoms with Crippen LogP contribution in [0, 0.1) is 18.8 Å². The summed E-state index contributed by atoms with van der Waals surface area (Å²) in [4.78, 5) is 14.1. The maximum atomic E-state index is 12.5. The van der Waals surface area contributed by atoms with Crippen LogP contribution < -0.4 is 0 Å². The average molecular weight is 283 g/mol. The summed E-state index contributed by atoms with van der Waals surface area (Å²) in [6, 6.07) is 9.09. The summed E-state index contributed by atoms with van der Waals surface area (Å²) in [5.41, 5.74) is 2.17. The fourth-order valence-corrected chi connectivity index (χ4v) is 2.00. The van der Waals surface area contributed by atoms with Gasteiger partial charge < -0.3 is 14.4 Å². The van der Waals surface area contributed by atoms with Crippen molar-refractivity contribution in [2.24, 2.45) is 0 Å². The number of carbonyl (C=O) groups is 1. The van der Waals surface area contributed by atoms with Crippen LogP contribution in [0.3, 0.4) is 0 Å². The van der Waals surface area contributed by atoms with Gasteiger partial charge in [0, 0.05) is 12.6 Å². The van der Waals surface area contributed by atoms with Gasteiger partial charge in [-0.2, -0.15) is 0 Å². The van der Waals surface area contributed by atoms with Crippen LogP contribution in [0.1, 0.15) is 27.2 Å². The third-order valence-corrected chi connectivity index (χ3v) is 3.03. The Hall–Kier alpha value is -2.51. The molecular weight excluding hydrogens is 266 g/mol. The van der Waals surface area contributed by atoms with Gasteiger partial charge in [-0.25, -0.2) is 0 Å². The van der Waals surface area contributed by atoms with Crippen LogP contribution in [-0.2, 0) is 6.54 Å². The standard InChI is InChI=1S/C17H17NO3/c1-13-7-8-16(14(11-13)5-3-9-19)17(20)18(2)12-15-6-4-10-21-15/h4,6-8,10-11,19H,9,12H2,1-2H3. The zero-order valence-corrected chi connectivity index (χ0v) is 12.1. The van der Waals surface area contributed by atoms with Crippen molar-refractivity contribution in [3.05, 3.63) is 59.0 Å². The molecule has 4 heteroatoms. The molecule has 0 radical (unpaired) electrons. The lowest BCUT2D eigenvalue weighted by atomic mass is 10.0. The highest BCUT2D eigenvalue weighted by molar-refractivity contribution is 5.96. The van der Waals surface area contributed by atoms with Gasteiger partial charge in [0.15, 0.2) is 0 Å². The average Bonchev–Trinajstić information content (AvgIpc) is 2.97. The normalized spacial score (nSPS) is 9.86. The van der Waals surface area contributed by atoms with E-state index in [0.717, 1.165) is 11.3 Å². The third kappa shape index (κ3) is 3.74. The minimum atomic E-state index is -0.232. The summed E-state index contributed by atoms with van der Waals surface area (Å²) in [5.74, 6) is 6.01. The first-order valence-corrected chi connectivity index (χ1v) is 6.60. The van der Waals surface area contributed by atoms with E-state index in [-0.39, 0.29) is 12.5 Å². The van der Waals surface area contributed by atoms with Crippen LogP contribution in [0.25, 0.3) is 0 Å². The molecule has 0 atom stereocenters. The van der Waals surface area contributed by atoms with Gasteiger partial charge in [-0.05, 0) is 36.8 Å². The second-order valence-corrected chi connectivity index (χ2v) is 4.75. The fraction of sp³-hybridized carbons (Fsp3) is 0.235. The number of aryl methyl sites for hydroxylation is 1. The molecule has 1 aromatic carbocycles. The van der Waals surface area contributed by atoms with Gasteiger partial charge in [-0.15, -0.1) is 0 Å². The first-order chi connectivity index (χ1) is 10.1. The quantitative estimate of drug-likeness (QED) is 0.879. The molecule has 2 aromatic rings. The molecular formula is C17H17NO3. The number of furan rings is 1. The number of rotatable bonds is 3. The van der Waals surface area contributed by atoms with Crippen molar-refractivity contribution in [2.75, 3.05) is 13.7 Å². The summed E-state index contributed by atoms with van der Waals surface area (Å²) in [5, 5.41) is 8.83. The minimum Gasteiger partial charge on any atom is -0.467 e. The van der Waals surface area contributed by atoms with Gasteiger partial charge in [-0.1, -0.05) is 17.9 Å². The largest absolute Gasteiger partial charge is 0.467 e. The summed E-state index contributed by atoms with van der Waals surface area (Å²) in [7, 11) is 1.72. The number of carbonyl (C=O) groups excluding carboxylic acids is 1. The molecule has 0 bridgehead atoms. The van der Waals surface area contributed by atoms with Gasteiger partial charge in [0.2, 0.25) is 0 Å². The van der Waals surface area contributed by atoms with E-state index in [1.807, 2.05) is 25.1 Å². The van der Waals surface area contributed by atoms with Gasteiger partial charge in [0.1, 0.15) is 12.4 Å². The topological polar surface area (TPSA) is 53.7 Å². The Morgan fingerprint density at radius 2 is 2.19 bits per heavy atom. The molecule has 0 aliphatic heterocycles. The first-order valence-electron chi connectivity index (χ1n) is 6.60. The fourth-order valence-electron chi connectivity index (χ4n) is 2.00. The number of benzene rings is 1. The highest BCUT2D eigenvalue weighted by atomic mass is 16.3. The van der Waals surface area contributed by atoms with Crippen molar-refractivity contribution >= 4 is 5.91 Å². The van der Waals surface area contributed by atoms with Crippen LogP contribution in [-0.4, -0.2) is 29.6 Å². The number of nitrogens with zero attached hydrogens (tertiary/aromatic N) is 1. The van der Waals surface area contributed by atoms with E-state index in [2.05, 4.69) is 11.8 Å². The Morgan fingerprint density at radius 1 is 1.38 bits per heavy atom. The Bertz CT molecular complexity index is 678. The van der Waals surface area contributed by atoms with E-state index in [1.165, 1.54) is 0 Å². The van der Waals surface area contributed by atoms with Crippen LogP contribution >= 0.6 is 0 Å². The van der Waals surface area contributed by atoms with Gasteiger partial charge in [-0.3, -0.25) is 4.79 Å². The molecule has 0 fully saturated rings. The molecule has 1 heterocycles. The van der Waals surface area contributed by atoms with Gasteiger partial charge in [0.25, 0.3) is 5.91 Å². The van der Waals surface area contributed by atoms with Gasteiger partial charge in [0.05, 0.1) is 18.4 Å². The van der Waals surface area contributed by atoms with E-state index in [4.69, 9.17) is 9.52 Å². The molecule has 0 aliphatic rings. The van der Waals surface area contributed by atoms with Gasteiger partial charge >= 0.3 is 0 Å². The molecule has 1 amide bonds. The lowest BCUT2D eigenvalue weighted by molar-refractivity contribution is 0.0775. The van der Waals surface area contributed by atoms with Crippen molar-refractivity contribution in [3.63, 3.8) is 0 Å². The third-order valence-electron chi connectivity index (χ3n) is 3.03. The number of aliphatic hydroxyl groups is 1. The lowest BCUT2D eigenvalue weighted by Crippen LogP contribution is -2.26. The van der Waals surface area contributed by atoms with Crippen molar-refractivity contribution in [2.45, 2.75) is 13.5 Å². The lowest BCUT2D eigenvalue weighted by Gasteiger charge is -2.17. The van der Waals surface area contributed by atoms with E-state index in [9.17, 15) is 4.79 Å². The molecule has 0 spiro atoms. The maximum Gasteiger partial charge on any atom is 0.255 e. The maximum absolute atomic E-state index is 12.5. The van der Waals surface area contributed by atoms with E-state index in [0.29, 0.717) is 17.7 Å².